The Bertz CT molecular complexity index is 161. The van der Waals surface area contributed by atoms with Gasteiger partial charge in [0.25, 0.3) is 0 Å². The van der Waals surface area contributed by atoms with Crippen molar-refractivity contribution in [1.29, 1.82) is 0 Å². The minimum absolute atomic E-state index is 0.334. The van der Waals surface area contributed by atoms with E-state index in [1.54, 1.807) is 0 Å². The lowest BCUT2D eigenvalue weighted by atomic mass is 10.3. The predicted octanol–water partition coefficient (Wildman–Crippen LogP) is -0.138. The summed E-state index contributed by atoms with van der Waals surface area (Å²) < 4.78 is 28.1. The molecule has 0 aromatic heterocycles. The first-order chi connectivity index (χ1) is 6.29. The maximum absolute atomic E-state index is 10.1. The van der Waals surface area contributed by atoms with Gasteiger partial charge in [-0.05, 0) is 6.42 Å². The molecular weight excluding hydrogens is 194 g/mol. The number of ether oxygens (including phenoxy) is 1. The summed E-state index contributed by atoms with van der Waals surface area (Å²) >= 11 is -2.12. The third-order valence-corrected chi connectivity index (χ3v) is 2.27. The van der Waals surface area contributed by atoms with Crippen molar-refractivity contribution >= 4 is 11.4 Å². The van der Waals surface area contributed by atoms with Gasteiger partial charge < -0.3 is 4.74 Å². The third-order valence-electron chi connectivity index (χ3n) is 1.91. The van der Waals surface area contributed by atoms with Gasteiger partial charge in [0.05, 0.1) is 19.8 Å². The number of rotatable bonds is 5. The van der Waals surface area contributed by atoms with E-state index in [4.69, 9.17) is 9.29 Å². The highest BCUT2D eigenvalue weighted by Gasteiger charge is 2.09. The summed E-state index contributed by atoms with van der Waals surface area (Å²) in [5.41, 5.74) is 0. The average Bonchev–Trinajstić information content (AvgIpc) is 2.14. The number of nitrogens with zero attached hydrogens (tertiary/aromatic N) is 1. The van der Waals surface area contributed by atoms with Gasteiger partial charge in [-0.2, -0.15) is 4.21 Å². The van der Waals surface area contributed by atoms with Crippen molar-refractivity contribution in [2.75, 3.05) is 39.5 Å². The van der Waals surface area contributed by atoms with Crippen LogP contribution in [0.25, 0.3) is 0 Å². The molecule has 1 aliphatic rings. The Hall–Kier alpha value is -0.0100. The van der Waals surface area contributed by atoms with Crippen molar-refractivity contribution in [3.63, 3.8) is 0 Å². The lowest BCUT2D eigenvalue weighted by Crippen LogP contribution is -2.37. The monoisotopic (exact) mass is 209 g/mol. The van der Waals surface area contributed by atoms with Gasteiger partial charge in [-0.1, -0.05) is 0 Å². The average molecular weight is 209 g/mol. The molecule has 0 bridgehead atoms. The molecule has 0 aliphatic carbocycles. The third kappa shape index (κ3) is 5.33. The predicted molar refractivity (Wildman–Crippen MR) is 48.6 cm³/mol. The normalized spacial score (nSPS) is 21.6. The second-order valence-electron chi connectivity index (χ2n) is 2.85. The zero-order valence-corrected chi connectivity index (χ0v) is 8.29. The van der Waals surface area contributed by atoms with Crippen LogP contribution in [0.1, 0.15) is 6.42 Å². The van der Waals surface area contributed by atoms with Crippen LogP contribution in [0.4, 0.5) is 0 Å². The molecule has 1 unspecified atom stereocenters. The molecule has 1 fully saturated rings. The second kappa shape index (κ2) is 6.44. The zero-order chi connectivity index (χ0) is 9.52. The summed E-state index contributed by atoms with van der Waals surface area (Å²) in [6.07, 6.45) is 0.784. The molecule has 0 aromatic rings. The topological polar surface area (TPSA) is 59.0 Å². The lowest BCUT2D eigenvalue weighted by Gasteiger charge is -2.26. The fourth-order valence-electron chi connectivity index (χ4n) is 1.24. The highest BCUT2D eigenvalue weighted by atomic mass is 32.2. The fourth-order valence-corrected chi connectivity index (χ4v) is 1.50. The summed E-state index contributed by atoms with van der Waals surface area (Å²) in [7, 11) is 0. The molecule has 13 heavy (non-hydrogen) atoms. The van der Waals surface area contributed by atoms with Crippen LogP contribution in [0.3, 0.4) is 0 Å². The summed E-state index contributed by atoms with van der Waals surface area (Å²) in [5, 5.41) is 0. The van der Waals surface area contributed by atoms with Crippen molar-refractivity contribution in [2.45, 2.75) is 6.42 Å². The van der Waals surface area contributed by atoms with E-state index in [9.17, 15) is 4.21 Å². The van der Waals surface area contributed by atoms with E-state index < -0.39 is 11.4 Å². The van der Waals surface area contributed by atoms with E-state index in [1.807, 2.05) is 0 Å². The van der Waals surface area contributed by atoms with Crippen LogP contribution in [0, 0.1) is 0 Å². The molecule has 78 valence electrons. The van der Waals surface area contributed by atoms with E-state index >= 15 is 0 Å². The number of morpholine rings is 1. The molecule has 1 heterocycles. The maximum Gasteiger partial charge on any atom is 0.301 e. The lowest BCUT2D eigenvalue weighted by molar-refractivity contribution is 0.0358. The van der Waals surface area contributed by atoms with Gasteiger partial charge in [0.1, 0.15) is 0 Å². The van der Waals surface area contributed by atoms with Gasteiger partial charge in [0, 0.05) is 19.6 Å². The summed E-state index contributed by atoms with van der Waals surface area (Å²) in [5.74, 6) is 0. The van der Waals surface area contributed by atoms with Crippen molar-refractivity contribution in [2.24, 2.45) is 0 Å². The van der Waals surface area contributed by atoms with Gasteiger partial charge in [0.15, 0.2) is 0 Å². The Morgan fingerprint density at radius 2 is 2.15 bits per heavy atom. The van der Waals surface area contributed by atoms with E-state index in [1.165, 1.54) is 0 Å². The van der Waals surface area contributed by atoms with Crippen LogP contribution in [-0.4, -0.2) is 53.1 Å². The smallest absolute Gasteiger partial charge is 0.301 e. The first-order valence-corrected chi connectivity index (χ1v) is 5.36. The maximum atomic E-state index is 10.1. The highest BCUT2D eigenvalue weighted by molar-refractivity contribution is 7.74. The molecule has 6 heteroatoms. The quantitative estimate of drug-likeness (QED) is 0.504. The summed E-state index contributed by atoms with van der Waals surface area (Å²) in [4.78, 5) is 2.26. The second-order valence-corrected chi connectivity index (χ2v) is 3.52. The van der Waals surface area contributed by atoms with Gasteiger partial charge in [0.2, 0.25) is 0 Å². The highest BCUT2D eigenvalue weighted by Crippen LogP contribution is 1.98. The fraction of sp³-hybridized carbons (Fsp3) is 1.00. The minimum Gasteiger partial charge on any atom is -0.379 e. The Morgan fingerprint density at radius 3 is 2.77 bits per heavy atom. The molecule has 0 amide bonds. The SMILES string of the molecule is O=S(O)OCCCN1CCOCC1. The molecular formula is C7H15NO4S. The van der Waals surface area contributed by atoms with Crippen molar-refractivity contribution in [3.8, 4) is 0 Å². The Kier molecular flexibility index (Phi) is 5.49. The molecule has 5 nitrogen and oxygen atoms in total. The Morgan fingerprint density at radius 1 is 1.46 bits per heavy atom. The molecule has 0 radical (unpaired) electrons. The first-order valence-electron chi connectivity index (χ1n) is 4.33. The zero-order valence-electron chi connectivity index (χ0n) is 7.48. The molecule has 0 saturated carbocycles. The van der Waals surface area contributed by atoms with Gasteiger partial charge >= 0.3 is 11.4 Å². The molecule has 1 saturated heterocycles. The van der Waals surface area contributed by atoms with E-state index in [0.29, 0.717) is 6.61 Å². The van der Waals surface area contributed by atoms with E-state index in [2.05, 4.69) is 9.08 Å². The molecule has 0 spiro atoms. The summed E-state index contributed by atoms with van der Waals surface area (Å²) in [6.45, 7) is 4.70. The summed E-state index contributed by atoms with van der Waals surface area (Å²) in [6, 6.07) is 0. The van der Waals surface area contributed by atoms with Crippen molar-refractivity contribution in [3.05, 3.63) is 0 Å². The van der Waals surface area contributed by atoms with Crippen LogP contribution in [0.2, 0.25) is 0 Å². The van der Waals surface area contributed by atoms with Crippen molar-refractivity contribution < 1.29 is 17.7 Å². The van der Waals surface area contributed by atoms with Gasteiger partial charge in [-0.25, -0.2) is 0 Å². The standard InChI is InChI=1S/C7H15NO4S/c9-13(10)12-5-1-2-8-3-6-11-7-4-8/h1-7H2,(H,9,10). The number of hydrogen-bond donors (Lipinski definition) is 1. The van der Waals surface area contributed by atoms with Crippen LogP contribution < -0.4 is 0 Å². The van der Waals surface area contributed by atoms with Gasteiger partial charge in [-0.3, -0.25) is 13.6 Å². The van der Waals surface area contributed by atoms with E-state index in [0.717, 1.165) is 39.3 Å². The minimum atomic E-state index is -2.12. The molecule has 0 aromatic carbocycles. The van der Waals surface area contributed by atoms with Crippen molar-refractivity contribution in [1.82, 2.24) is 4.90 Å². The van der Waals surface area contributed by atoms with Crippen LogP contribution >= 0.6 is 0 Å². The molecule has 1 aliphatic heterocycles. The largest absolute Gasteiger partial charge is 0.379 e. The van der Waals surface area contributed by atoms with Crippen LogP contribution in [0.5, 0.6) is 0 Å². The first kappa shape index (κ1) is 11.1. The van der Waals surface area contributed by atoms with E-state index in [-0.39, 0.29) is 0 Å². The van der Waals surface area contributed by atoms with Gasteiger partial charge in [-0.15, -0.1) is 0 Å². The molecule has 1 rings (SSSR count). The van der Waals surface area contributed by atoms with Crippen LogP contribution in [-0.2, 0) is 20.3 Å². The molecule has 1 N–H and O–H groups in total. The number of hydrogen-bond acceptors (Lipinski definition) is 4. The Balaban J connectivity index is 1.95. The Labute approximate surface area is 80.5 Å². The molecule has 1 atom stereocenters. The van der Waals surface area contributed by atoms with Crippen LogP contribution in [0.15, 0.2) is 0 Å².